The molecule has 9 nitrogen and oxygen atoms in total. The fraction of sp³-hybridized carbons (Fsp3) is 0.130. The van der Waals surface area contributed by atoms with Crippen molar-refractivity contribution in [1.29, 1.82) is 5.26 Å². The van der Waals surface area contributed by atoms with Gasteiger partial charge >= 0.3 is 0 Å². The number of rotatable bonds is 8. The Morgan fingerprint density at radius 1 is 1.26 bits per heavy atom. The first-order valence-corrected chi connectivity index (χ1v) is 13.2. The molecule has 0 aliphatic rings. The molecule has 0 aliphatic heterocycles. The maximum absolute atomic E-state index is 12.7. The minimum Gasteiger partial charge on any atom is -0.492 e. The molecule has 0 saturated carbocycles. The van der Waals surface area contributed by atoms with Crippen molar-refractivity contribution >= 4 is 61.0 Å². The molecule has 35 heavy (non-hydrogen) atoms. The summed E-state index contributed by atoms with van der Waals surface area (Å²) in [5.74, 6) is -0.0169. The van der Waals surface area contributed by atoms with Crippen molar-refractivity contribution in [2.75, 3.05) is 18.2 Å². The van der Waals surface area contributed by atoms with Crippen LogP contribution >= 0.6 is 23.1 Å². The molecular formula is C23H18ClN5O4S2. The highest BCUT2D eigenvalue weighted by Gasteiger charge is 2.18. The van der Waals surface area contributed by atoms with Crippen LogP contribution in [0.5, 0.6) is 5.75 Å². The number of carbonyl (C=O) groups excluding carboxylic acids is 1. The number of para-hydroxylation sites is 1. The summed E-state index contributed by atoms with van der Waals surface area (Å²) in [6, 6.07) is 16.6. The smallest absolute Gasteiger partial charge is 0.268 e. The molecule has 0 unspecified atom stereocenters. The Balaban J connectivity index is 1.54. The first kappa shape index (κ1) is 24.4. The van der Waals surface area contributed by atoms with Gasteiger partial charge in [-0.25, -0.2) is 8.42 Å². The Bertz CT molecular complexity index is 1570. The molecule has 0 aliphatic carbocycles. The van der Waals surface area contributed by atoms with Gasteiger partial charge in [0, 0.05) is 45.5 Å². The molecule has 12 heteroatoms. The molecule has 0 bridgehead atoms. The number of nitrogens with zero attached hydrogens (tertiary/aromatic N) is 4. The molecule has 0 fully saturated rings. The molecule has 0 atom stereocenters. The van der Waals surface area contributed by atoms with Crippen LogP contribution in [-0.4, -0.2) is 41.1 Å². The third kappa shape index (κ3) is 5.86. The van der Waals surface area contributed by atoms with Gasteiger partial charge in [-0.05, 0) is 36.4 Å². The Morgan fingerprint density at radius 2 is 2.00 bits per heavy atom. The molecule has 178 valence electrons. The van der Waals surface area contributed by atoms with Crippen LogP contribution in [0.4, 0.5) is 5.13 Å². The fourth-order valence-electron chi connectivity index (χ4n) is 3.25. The van der Waals surface area contributed by atoms with Crippen LogP contribution in [0.2, 0.25) is 5.02 Å². The zero-order chi connectivity index (χ0) is 25.0. The van der Waals surface area contributed by atoms with E-state index in [4.69, 9.17) is 16.3 Å². The molecule has 0 spiro atoms. The zero-order valence-electron chi connectivity index (χ0n) is 18.3. The van der Waals surface area contributed by atoms with Gasteiger partial charge in [0.25, 0.3) is 11.1 Å². The van der Waals surface area contributed by atoms with E-state index in [1.807, 2.05) is 41.1 Å². The summed E-state index contributed by atoms with van der Waals surface area (Å²) in [4.78, 5) is 16.4. The number of sulfone groups is 1. The summed E-state index contributed by atoms with van der Waals surface area (Å²) >= 11 is 6.62. The normalized spacial score (nSPS) is 11.9. The van der Waals surface area contributed by atoms with E-state index in [9.17, 15) is 18.5 Å². The van der Waals surface area contributed by atoms with Crippen LogP contribution in [0.15, 0.2) is 65.5 Å². The lowest BCUT2D eigenvalue weighted by Gasteiger charge is -2.08. The van der Waals surface area contributed by atoms with E-state index in [0.717, 1.165) is 28.7 Å². The van der Waals surface area contributed by atoms with Gasteiger partial charge in [-0.1, -0.05) is 29.8 Å². The van der Waals surface area contributed by atoms with Crippen LogP contribution in [-0.2, 0) is 21.2 Å². The van der Waals surface area contributed by atoms with Gasteiger partial charge in [0.2, 0.25) is 15.0 Å². The van der Waals surface area contributed by atoms with Gasteiger partial charge in [-0.15, -0.1) is 0 Å². The number of fused-ring (bicyclic) bond motifs is 1. The molecule has 4 aromatic rings. The molecule has 1 N–H and O–H groups in total. The van der Waals surface area contributed by atoms with Crippen molar-refractivity contribution in [3.63, 3.8) is 0 Å². The van der Waals surface area contributed by atoms with Gasteiger partial charge in [0.1, 0.15) is 24.0 Å². The van der Waals surface area contributed by atoms with E-state index in [0.29, 0.717) is 29.5 Å². The maximum atomic E-state index is 12.7. The second-order valence-corrected chi connectivity index (χ2v) is 10.5. The Hall–Kier alpha value is -3.72. The van der Waals surface area contributed by atoms with Crippen molar-refractivity contribution in [2.45, 2.75) is 11.7 Å². The lowest BCUT2D eigenvalue weighted by Crippen LogP contribution is -2.13. The topological polar surface area (TPSA) is 127 Å². The molecule has 2 aromatic carbocycles. The maximum Gasteiger partial charge on any atom is 0.268 e. The number of hydrogen-bond donors (Lipinski definition) is 1. The molecule has 0 saturated heterocycles. The van der Waals surface area contributed by atoms with Gasteiger partial charge in [0.15, 0.2) is 0 Å². The standard InChI is InChI=1S/C23H18ClN5O4S2/c1-35(31,32)23-27-22(34-28-23)26-21(30)15(13-25)12-16-14-29(20-5-3-2-4-19(16)20)10-11-33-18-8-6-17(24)7-9-18/h2-9,12,14H,10-11H2,1H3,(H,26,27,28,30)/b15-12-. The molecule has 2 heterocycles. The summed E-state index contributed by atoms with van der Waals surface area (Å²) in [5, 5.41) is 13.1. The second kappa shape index (κ2) is 10.3. The lowest BCUT2D eigenvalue weighted by molar-refractivity contribution is -0.112. The summed E-state index contributed by atoms with van der Waals surface area (Å²) in [5.41, 5.74) is 1.42. The summed E-state index contributed by atoms with van der Waals surface area (Å²) < 4.78 is 34.6. The number of halogens is 1. The number of anilines is 1. The predicted octanol–water partition coefficient (Wildman–Crippen LogP) is 4.17. The number of carbonyl (C=O) groups is 1. The van der Waals surface area contributed by atoms with E-state index in [1.165, 1.54) is 6.08 Å². The van der Waals surface area contributed by atoms with Crippen LogP contribution in [0.25, 0.3) is 17.0 Å². The molecule has 2 aromatic heterocycles. The summed E-state index contributed by atoms with van der Waals surface area (Å²) in [6.07, 6.45) is 4.29. The Morgan fingerprint density at radius 3 is 2.69 bits per heavy atom. The number of aromatic nitrogens is 3. The SMILES string of the molecule is CS(=O)(=O)c1nsc(NC(=O)/C(C#N)=C\c2cn(CCOc3ccc(Cl)cc3)c3ccccc23)n1. The van der Waals surface area contributed by atoms with Gasteiger partial charge in [-0.2, -0.15) is 14.6 Å². The van der Waals surface area contributed by atoms with E-state index < -0.39 is 15.7 Å². The van der Waals surface area contributed by atoms with E-state index in [-0.39, 0.29) is 15.9 Å². The quantitative estimate of drug-likeness (QED) is 0.269. The minimum absolute atomic E-state index is 0.0154. The van der Waals surface area contributed by atoms with Gasteiger partial charge in [0.05, 0.1) is 6.54 Å². The number of hydrogen-bond acceptors (Lipinski definition) is 8. The molecule has 0 radical (unpaired) electrons. The summed E-state index contributed by atoms with van der Waals surface area (Å²) in [7, 11) is -3.60. The lowest BCUT2D eigenvalue weighted by atomic mass is 10.1. The third-order valence-electron chi connectivity index (χ3n) is 4.86. The van der Waals surface area contributed by atoms with Crippen LogP contribution in [0.1, 0.15) is 5.56 Å². The highest BCUT2D eigenvalue weighted by atomic mass is 35.5. The third-order valence-corrected chi connectivity index (χ3v) is 6.70. The summed E-state index contributed by atoms with van der Waals surface area (Å²) in [6.45, 7) is 0.929. The number of ether oxygens (including phenoxy) is 1. The van der Waals surface area contributed by atoms with E-state index >= 15 is 0 Å². The number of nitrogens with one attached hydrogen (secondary N) is 1. The number of nitriles is 1. The monoisotopic (exact) mass is 527 g/mol. The fourth-order valence-corrected chi connectivity index (χ4v) is 4.81. The van der Waals surface area contributed by atoms with Gasteiger partial charge < -0.3 is 9.30 Å². The zero-order valence-corrected chi connectivity index (χ0v) is 20.7. The van der Waals surface area contributed by atoms with Crippen LogP contribution in [0, 0.1) is 11.3 Å². The van der Waals surface area contributed by atoms with Gasteiger partial charge in [-0.3, -0.25) is 10.1 Å². The average molecular weight is 528 g/mol. The molecular weight excluding hydrogens is 510 g/mol. The van der Waals surface area contributed by atoms with Crippen LogP contribution in [0.3, 0.4) is 0 Å². The van der Waals surface area contributed by atoms with Crippen molar-refractivity contribution in [1.82, 2.24) is 13.9 Å². The first-order valence-electron chi connectivity index (χ1n) is 10.2. The second-order valence-electron chi connectivity index (χ2n) is 7.38. The molecule has 4 rings (SSSR count). The molecule has 1 amide bonds. The Kier molecular flexibility index (Phi) is 7.16. The number of amides is 1. The average Bonchev–Trinajstić information content (AvgIpc) is 3.44. The van der Waals surface area contributed by atoms with Crippen LogP contribution < -0.4 is 10.1 Å². The Labute approximate surface area is 210 Å². The highest BCUT2D eigenvalue weighted by Crippen LogP contribution is 2.25. The first-order chi connectivity index (χ1) is 16.7. The number of benzene rings is 2. The largest absolute Gasteiger partial charge is 0.492 e. The minimum atomic E-state index is -3.60. The van der Waals surface area contributed by atoms with Crippen molar-refractivity contribution < 1.29 is 17.9 Å². The van der Waals surface area contributed by atoms with Crippen molar-refractivity contribution in [3.05, 3.63) is 70.9 Å². The highest BCUT2D eigenvalue weighted by molar-refractivity contribution is 7.90. The van der Waals surface area contributed by atoms with E-state index in [1.54, 1.807) is 24.3 Å². The van der Waals surface area contributed by atoms with Crippen molar-refractivity contribution in [2.24, 2.45) is 0 Å². The predicted molar refractivity (Wildman–Crippen MR) is 134 cm³/mol. The van der Waals surface area contributed by atoms with E-state index in [2.05, 4.69) is 14.7 Å². The van der Waals surface area contributed by atoms with Crippen molar-refractivity contribution in [3.8, 4) is 11.8 Å².